The lowest BCUT2D eigenvalue weighted by atomic mass is 9.99. The van der Waals surface area contributed by atoms with Gasteiger partial charge in [0.15, 0.2) is 0 Å². The number of piperidine rings is 1. The third kappa shape index (κ3) is 1.68. The molecule has 11 heavy (non-hydrogen) atoms. The van der Waals surface area contributed by atoms with Gasteiger partial charge in [0.2, 0.25) is 5.91 Å². The Hall–Kier alpha value is -0.650. The Morgan fingerprint density at radius 3 is 2.73 bits per heavy atom. The molecule has 1 rings (SSSR count). The number of hydrogen-bond acceptors (Lipinski definition) is 4. The van der Waals surface area contributed by atoms with Crippen LogP contribution < -0.4 is 5.32 Å². The molecule has 0 aromatic rings. The fourth-order valence-electron chi connectivity index (χ4n) is 1.08. The van der Waals surface area contributed by atoms with Crippen LogP contribution in [0.5, 0.6) is 0 Å². The minimum absolute atomic E-state index is 0.0995. The Morgan fingerprint density at radius 2 is 2.18 bits per heavy atom. The summed E-state index contributed by atoms with van der Waals surface area (Å²) < 4.78 is 0. The summed E-state index contributed by atoms with van der Waals surface area (Å²) in [6.45, 7) is -0.357. The molecule has 3 unspecified atom stereocenters. The van der Waals surface area contributed by atoms with Crippen LogP contribution in [0.25, 0.3) is 0 Å². The Balaban J connectivity index is 2.58. The zero-order valence-electron chi connectivity index (χ0n) is 5.90. The molecular formula is C6H11NO4. The van der Waals surface area contributed by atoms with E-state index in [1.54, 1.807) is 0 Å². The van der Waals surface area contributed by atoms with E-state index in [4.69, 9.17) is 15.3 Å². The van der Waals surface area contributed by atoms with Gasteiger partial charge >= 0.3 is 0 Å². The summed E-state index contributed by atoms with van der Waals surface area (Å²) in [5, 5.41) is 29.1. The van der Waals surface area contributed by atoms with Crippen LogP contribution in [0.15, 0.2) is 0 Å². The number of amides is 1. The van der Waals surface area contributed by atoms with Gasteiger partial charge in [0.05, 0.1) is 25.2 Å². The smallest absolute Gasteiger partial charge is 0.223 e. The van der Waals surface area contributed by atoms with Crippen molar-refractivity contribution < 1.29 is 20.1 Å². The summed E-state index contributed by atoms with van der Waals surface area (Å²) in [5.74, 6) is -0.346. The average Bonchev–Trinajstić information content (AvgIpc) is 1.96. The van der Waals surface area contributed by atoms with Gasteiger partial charge in [-0.15, -0.1) is 0 Å². The summed E-state index contributed by atoms with van der Waals surface area (Å²) in [6, 6.07) is -0.730. The number of aliphatic hydroxyl groups is 3. The highest BCUT2D eigenvalue weighted by Gasteiger charge is 2.33. The zero-order valence-corrected chi connectivity index (χ0v) is 5.90. The third-order valence-electron chi connectivity index (χ3n) is 1.74. The standard InChI is InChI=1S/C6H11NO4/c8-2-3-6(11)4(9)1-5(10)7-3/h3-4,6,8-9,11H,1-2H2,(H,7,10). The molecule has 1 heterocycles. The van der Waals surface area contributed by atoms with E-state index >= 15 is 0 Å². The van der Waals surface area contributed by atoms with Gasteiger partial charge < -0.3 is 20.6 Å². The molecule has 1 saturated heterocycles. The van der Waals surface area contributed by atoms with Crippen LogP contribution in [-0.2, 0) is 4.79 Å². The van der Waals surface area contributed by atoms with Crippen molar-refractivity contribution in [3.63, 3.8) is 0 Å². The van der Waals surface area contributed by atoms with Crippen molar-refractivity contribution in [1.82, 2.24) is 5.32 Å². The molecule has 0 aliphatic carbocycles. The zero-order chi connectivity index (χ0) is 8.43. The van der Waals surface area contributed by atoms with Gasteiger partial charge in [-0.05, 0) is 0 Å². The van der Waals surface area contributed by atoms with E-state index in [-0.39, 0.29) is 18.9 Å². The van der Waals surface area contributed by atoms with Gasteiger partial charge in [-0.25, -0.2) is 0 Å². The van der Waals surface area contributed by atoms with Crippen LogP contribution in [0, 0.1) is 0 Å². The second kappa shape index (κ2) is 3.17. The van der Waals surface area contributed by atoms with E-state index in [0.717, 1.165) is 0 Å². The van der Waals surface area contributed by atoms with Crippen LogP contribution in [0.2, 0.25) is 0 Å². The molecule has 1 aliphatic rings. The van der Waals surface area contributed by atoms with Crippen molar-refractivity contribution in [3.05, 3.63) is 0 Å². The molecule has 0 bridgehead atoms. The van der Waals surface area contributed by atoms with Crippen molar-refractivity contribution in [2.75, 3.05) is 6.61 Å². The molecule has 64 valence electrons. The molecule has 1 aliphatic heterocycles. The molecule has 0 aromatic carbocycles. The van der Waals surface area contributed by atoms with E-state index in [1.807, 2.05) is 0 Å². The molecular weight excluding hydrogens is 150 g/mol. The van der Waals surface area contributed by atoms with Gasteiger partial charge in [0, 0.05) is 0 Å². The first-order valence-corrected chi connectivity index (χ1v) is 3.41. The molecule has 0 spiro atoms. The van der Waals surface area contributed by atoms with Crippen LogP contribution in [0.1, 0.15) is 6.42 Å². The highest BCUT2D eigenvalue weighted by atomic mass is 16.3. The second-order valence-corrected chi connectivity index (χ2v) is 2.62. The Labute approximate surface area is 63.7 Å². The maximum atomic E-state index is 10.7. The van der Waals surface area contributed by atoms with Gasteiger partial charge in [-0.2, -0.15) is 0 Å². The molecule has 1 amide bonds. The van der Waals surface area contributed by atoms with Crippen LogP contribution >= 0.6 is 0 Å². The number of nitrogens with one attached hydrogen (secondary N) is 1. The summed E-state index contributed by atoms with van der Waals surface area (Å²) in [5.41, 5.74) is 0. The monoisotopic (exact) mass is 161 g/mol. The van der Waals surface area contributed by atoms with Gasteiger partial charge in [-0.1, -0.05) is 0 Å². The number of carbonyl (C=O) groups excluding carboxylic acids is 1. The van der Waals surface area contributed by atoms with Crippen LogP contribution in [0.4, 0.5) is 0 Å². The molecule has 4 N–H and O–H groups in total. The van der Waals surface area contributed by atoms with E-state index in [9.17, 15) is 4.79 Å². The maximum absolute atomic E-state index is 10.7. The first kappa shape index (κ1) is 8.45. The summed E-state index contributed by atoms with van der Waals surface area (Å²) >= 11 is 0. The van der Waals surface area contributed by atoms with Crippen LogP contribution in [-0.4, -0.2) is 46.1 Å². The van der Waals surface area contributed by atoms with Crippen molar-refractivity contribution in [2.24, 2.45) is 0 Å². The summed E-state index contributed by atoms with van der Waals surface area (Å²) in [7, 11) is 0. The largest absolute Gasteiger partial charge is 0.394 e. The molecule has 5 heteroatoms. The fraction of sp³-hybridized carbons (Fsp3) is 0.833. The lowest BCUT2D eigenvalue weighted by molar-refractivity contribution is -0.134. The number of rotatable bonds is 1. The topological polar surface area (TPSA) is 89.8 Å². The predicted molar refractivity (Wildman–Crippen MR) is 35.6 cm³/mol. The van der Waals surface area contributed by atoms with Gasteiger partial charge in [-0.3, -0.25) is 4.79 Å². The lowest BCUT2D eigenvalue weighted by Crippen LogP contribution is -2.56. The normalized spacial score (nSPS) is 38.5. The molecule has 0 saturated carbocycles. The first-order chi connectivity index (χ1) is 5.15. The van der Waals surface area contributed by atoms with E-state index in [2.05, 4.69) is 5.32 Å². The van der Waals surface area contributed by atoms with E-state index < -0.39 is 18.2 Å². The molecule has 0 radical (unpaired) electrons. The summed E-state index contributed by atoms with van der Waals surface area (Å²) in [4.78, 5) is 10.7. The van der Waals surface area contributed by atoms with Crippen molar-refractivity contribution in [1.29, 1.82) is 0 Å². The first-order valence-electron chi connectivity index (χ1n) is 3.41. The molecule has 5 nitrogen and oxygen atoms in total. The average molecular weight is 161 g/mol. The molecule has 1 fully saturated rings. The van der Waals surface area contributed by atoms with Crippen molar-refractivity contribution >= 4 is 5.91 Å². The van der Waals surface area contributed by atoms with Gasteiger partial charge in [0.1, 0.15) is 6.10 Å². The Morgan fingerprint density at radius 1 is 1.55 bits per heavy atom. The maximum Gasteiger partial charge on any atom is 0.223 e. The van der Waals surface area contributed by atoms with Crippen molar-refractivity contribution in [2.45, 2.75) is 24.7 Å². The molecule has 0 aromatic heterocycles. The highest BCUT2D eigenvalue weighted by Crippen LogP contribution is 2.09. The molecule has 3 atom stereocenters. The number of aliphatic hydroxyl groups excluding tert-OH is 3. The Bertz CT molecular complexity index is 161. The van der Waals surface area contributed by atoms with Crippen LogP contribution in [0.3, 0.4) is 0 Å². The van der Waals surface area contributed by atoms with E-state index in [0.29, 0.717) is 0 Å². The third-order valence-corrected chi connectivity index (χ3v) is 1.74. The highest BCUT2D eigenvalue weighted by molar-refractivity contribution is 5.78. The number of carbonyl (C=O) groups is 1. The SMILES string of the molecule is O=C1CC(O)C(O)C(CO)N1. The Kier molecular flexibility index (Phi) is 2.43. The minimum atomic E-state index is -1.06. The lowest BCUT2D eigenvalue weighted by Gasteiger charge is -2.30. The fourth-order valence-corrected chi connectivity index (χ4v) is 1.08. The summed E-state index contributed by atoms with van der Waals surface area (Å²) in [6.07, 6.45) is -2.21. The second-order valence-electron chi connectivity index (χ2n) is 2.62. The minimum Gasteiger partial charge on any atom is -0.394 e. The van der Waals surface area contributed by atoms with E-state index in [1.165, 1.54) is 0 Å². The number of hydrogen-bond donors (Lipinski definition) is 4. The van der Waals surface area contributed by atoms with Gasteiger partial charge in [0.25, 0.3) is 0 Å². The predicted octanol–water partition coefficient (Wildman–Crippen LogP) is -2.41. The van der Waals surface area contributed by atoms with Crippen molar-refractivity contribution in [3.8, 4) is 0 Å². The quantitative estimate of drug-likeness (QED) is 0.345.